The van der Waals surface area contributed by atoms with Crippen molar-refractivity contribution in [1.29, 1.82) is 0 Å². The Morgan fingerprint density at radius 1 is 1.11 bits per heavy atom. The van der Waals surface area contributed by atoms with E-state index in [2.05, 4.69) is 24.9 Å². The summed E-state index contributed by atoms with van der Waals surface area (Å²) in [5.41, 5.74) is 4.09. The van der Waals surface area contributed by atoms with E-state index in [4.69, 9.17) is 36.1 Å². The highest BCUT2D eigenvalue weighted by atomic mass is 35.5. The molecule has 1 aliphatic heterocycles. The van der Waals surface area contributed by atoms with Gasteiger partial charge in [0.05, 0.1) is 24.7 Å². The molecule has 0 fully saturated rings. The molecule has 8 nitrogen and oxygen atoms in total. The van der Waals surface area contributed by atoms with Crippen LogP contribution in [-0.2, 0) is 16.9 Å². The van der Waals surface area contributed by atoms with Gasteiger partial charge in [-0.2, -0.15) is 0 Å². The maximum atomic E-state index is 6.70. The van der Waals surface area contributed by atoms with Gasteiger partial charge in [-0.1, -0.05) is 23.7 Å². The zero-order chi connectivity index (χ0) is 24.7. The molecule has 0 N–H and O–H groups in total. The number of nitrogens with zero attached hydrogens (tertiary/aromatic N) is 6. The molecule has 0 spiro atoms. The molecule has 4 heterocycles. The number of aryl methyl sites for hydroxylation is 2. The summed E-state index contributed by atoms with van der Waals surface area (Å²) >= 11 is 6.70. The largest absolute Gasteiger partial charge is 0.479 e. The summed E-state index contributed by atoms with van der Waals surface area (Å²) < 4.78 is 15.2. The Kier molecular flexibility index (Phi) is 6.11. The number of benzene rings is 1. The minimum atomic E-state index is -0.414. The van der Waals surface area contributed by atoms with Crippen LogP contribution in [0.4, 0.5) is 0 Å². The first-order valence-corrected chi connectivity index (χ1v) is 12.0. The topological polar surface area (TPSA) is 79.9 Å². The molecule has 5 rings (SSSR count). The minimum absolute atomic E-state index is 0.0419. The predicted molar refractivity (Wildman–Crippen MR) is 134 cm³/mol. The van der Waals surface area contributed by atoms with Gasteiger partial charge in [-0.15, -0.1) is 5.10 Å². The molecule has 0 amide bonds. The van der Waals surface area contributed by atoms with Crippen LogP contribution in [0.3, 0.4) is 0 Å². The number of ether oxygens (including phenoxy) is 2. The van der Waals surface area contributed by atoms with Gasteiger partial charge < -0.3 is 14.0 Å². The van der Waals surface area contributed by atoms with Crippen molar-refractivity contribution < 1.29 is 9.47 Å². The minimum Gasteiger partial charge on any atom is -0.479 e. The van der Waals surface area contributed by atoms with Crippen LogP contribution in [0, 0.1) is 6.92 Å². The van der Waals surface area contributed by atoms with E-state index in [1.54, 1.807) is 20.5 Å². The third-order valence-electron chi connectivity index (χ3n) is 6.70. The highest BCUT2D eigenvalue weighted by molar-refractivity contribution is 6.31. The number of hydrogen-bond acceptors (Lipinski definition) is 6. The molecule has 0 saturated heterocycles. The molecule has 0 unspecified atom stereocenters. The van der Waals surface area contributed by atoms with Gasteiger partial charge >= 0.3 is 0 Å². The summed E-state index contributed by atoms with van der Waals surface area (Å²) in [5.74, 6) is 2.00. The molecule has 0 saturated carbocycles. The maximum Gasteiger partial charge on any atom is 0.238 e. The smallest absolute Gasteiger partial charge is 0.238 e. The Bertz CT molecular complexity index is 1380. The van der Waals surface area contributed by atoms with Crippen LogP contribution in [0.25, 0.3) is 17.2 Å². The maximum absolute atomic E-state index is 6.70. The monoisotopic (exact) mass is 492 g/mol. The van der Waals surface area contributed by atoms with Gasteiger partial charge in [0.15, 0.2) is 5.82 Å². The summed E-state index contributed by atoms with van der Waals surface area (Å²) in [7, 11) is 3.33. The lowest BCUT2D eigenvalue weighted by Gasteiger charge is -2.27. The summed E-state index contributed by atoms with van der Waals surface area (Å²) in [6, 6.07) is 9.98. The van der Waals surface area contributed by atoms with Crippen molar-refractivity contribution in [2.75, 3.05) is 14.2 Å². The van der Waals surface area contributed by atoms with Gasteiger partial charge in [0.2, 0.25) is 5.88 Å². The lowest BCUT2D eigenvalue weighted by atomic mass is 9.87. The number of methoxy groups -OCH3 is 2. The average molecular weight is 493 g/mol. The fraction of sp³-hybridized carbons (Fsp3) is 0.385. The Balaban J connectivity index is 1.53. The van der Waals surface area contributed by atoms with Crippen molar-refractivity contribution in [2.24, 2.45) is 0 Å². The van der Waals surface area contributed by atoms with Crippen molar-refractivity contribution in [1.82, 2.24) is 29.3 Å². The van der Waals surface area contributed by atoms with Crippen LogP contribution >= 0.6 is 11.6 Å². The first-order valence-electron chi connectivity index (χ1n) is 11.7. The fourth-order valence-electron chi connectivity index (χ4n) is 4.51. The summed E-state index contributed by atoms with van der Waals surface area (Å²) in [6.45, 7) is 6.85. The standard InChI is InChI=1S/C26H29ClN6O2/c1-16-14-32(15-28-16)22-11-10-21(29-25(22)34-4)23-30-24-18(7-6-12-33(24)31-23)19-13-17(8-9-20(19)27)26(2,3)35-5/h8-11,13-15,18H,6-7,12H2,1-5H3/t18-/m0/s1. The van der Waals surface area contributed by atoms with E-state index in [9.17, 15) is 0 Å². The van der Waals surface area contributed by atoms with Gasteiger partial charge in [-0.25, -0.2) is 19.6 Å². The molecule has 1 aromatic carbocycles. The van der Waals surface area contributed by atoms with Crippen LogP contribution in [0.15, 0.2) is 42.9 Å². The average Bonchev–Trinajstić information content (AvgIpc) is 3.50. The lowest BCUT2D eigenvalue weighted by molar-refractivity contribution is 0.0191. The van der Waals surface area contributed by atoms with Crippen molar-refractivity contribution in [3.05, 3.63) is 70.5 Å². The molecular weight excluding hydrogens is 464 g/mol. The molecule has 1 atom stereocenters. The number of pyridine rings is 1. The first-order chi connectivity index (χ1) is 16.8. The summed E-state index contributed by atoms with van der Waals surface area (Å²) in [6.07, 6.45) is 5.62. The van der Waals surface area contributed by atoms with E-state index in [1.165, 1.54) is 0 Å². The highest BCUT2D eigenvalue weighted by Crippen LogP contribution is 2.39. The van der Waals surface area contributed by atoms with Gasteiger partial charge in [0, 0.05) is 30.8 Å². The van der Waals surface area contributed by atoms with Crippen LogP contribution < -0.4 is 4.74 Å². The van der Waals surface area contributed by atoms with E-state index in [1.807, 2.05) is 46.6 Å². The van der Waals surface area contributed by atoms with Crippen molar-refractivity contribution in [3.63, 3.8) is 0 Å². The van der Waals surface area contributed by atoms with Crippen molar-refractivity contribution >= 4 is 11.6 Å². The highest BCUT2D eigenvalue weighted by Gasteiger charge is 2.30. The number of hydrogen-bond donors (Lipinski definition) is 0. The molecule has 4 aromatic rings. The third kappa shape index (κ3) is 4.32. The second-order valence-corrected chi connectivity index (χ2v) is 9.72. The van der Waals surface area contributed by atoms with Crippen LogP contribution in [-0.4, -0.2) is 43.5 Å². The number of fused-ring (bicyclic) bond motifs is 1. The predicted octanol–water partition coefficient (Wildman–Crippen LogP) is 5.30. The molecule has 0 bridgehead atoms. The Morgan fingerprint density at radius 2 is 1.94 bits per heavy atom. The SMILES string of the molecule is COc1nc(-c2nc3n(n2)CCC[C@H]3c2cc(C(C)(C)OC)ccc2Cl)ccc1-n1cnc(C)c1. The Hall–Kier alpha value is -3.23. The quantitative estimate of drug-likeness (QED) is 0.363. The molecular formula is C26H29ClN6O2. The Labute approximate surface area is 209 Å². The number of imidazole rings is 1. The Morgan fingerprint density at radius 3 is 2.66 bits per heavy atom. The van der Waals surface area contributed by atoms with E-state index in [0.717, 1.165) is 52.7 Å². The number of rotatable bonds is 6. The molecule has 35 heavy (non-hydrogen) atoms. The molecule has 9 heteroatoms. The van der Waals surface area contributed by atoms with E-state index >= 15 is 0 Å². The summed E-state index contributed by atoms with van der Waals surface area (Å²) in [5, 5.41) is 5.52. The molecule has 0 radical (unpaired) electrons. The van der Waals surface area contributed by atoms with Crippen LogP contribution in [0.2, 0.25) is 5.02 Å². The van der Waals surface area contributed by atoms with Gasteiger partial charge in [-0.05, 0) is 62.9 Å². The molecule has 182 valence electrons. The fourth-order valence-corrected chi connectivity index (χ4v) is 4.76. The molecule has 0 aliphatic carbocycles. The number of halogens is 1. The van der Waals surface area contributed by atoms with Gasteiger partial charge in [0.25, 0.3) is 0 Å². The van der Waals surface area contributed by atoms with Gasteiger partial charge in [0.1, 0.15) is 17.2 Å². The van der Waals surface area contributed by atoms with Crippen molar-refractivity contribution in [3.8, 4) is 23.1 Å². The van der Waals surface area contributed by atoms with E-state index in [0.29, 0.717) is 17.4 Å². The third-order valence-corrected chi connectivity index (χ3v) is 7.05. The van der Waals surface area contributed by atoms with Crippen LogP contribution in [0.5, 0.6) is 5.88 Å². The second kappa shape index (κ2) is 9.09. The van der Waals surface area contributed by atoms with Crippen LogP contribution in [0.1, 0.15) is 55.3 Å². The van der Waals surface area contributed by atoms with E-state index < -0.39 is 5.60 Å². The van der Waals surface area contributed by atoms with Crippen molar-refractivity contribution in [2.45, 2.75) is 51.7 Å². The molecule has 1 aliphatic rings. The van der Waals surface area contributed by atoms with E-state index in [-0.39, 0.29) is 5.92 Å². The summed E-state index contributed by atoms with van der Waals surface area (Å²) in [4.78, 5) is 13.9. The zero-order valence-electron chi connectivity index (χ0n) is 20.6. The zero-order valence-corrected chi connectivity index (χ0v) is 21.4. The van der Waals surface area contributed by atoms with Gasteiger partial charge in [-0.3, -0.25) is 0 Å². The first kappa shape index (κ1) is 23.5. The normalized spacial score (nSPS) is 15.8. The number of aromatic nitrogens is 6. The second-order valence-electron chi connectivity index (χ2n) is 9.31. The lowest BCUT2D eigenvalue weighted by Crippen LogP contribution is -2.21. The molecule has 3 aromatic heterocycles.